The number of para-hydroxylation sites is 1. The first-order chi connectivity index (χ1) is 6.65. The Balaban J connectivity index is 2.77. The molecule has 1 heterocycles. The minimum atomic E-state index is -3.35. The number of halogens is 1. The number of hydrogen-bond acceptors (Lipinski definition) is 4. The van der Waals surface area contributed by atoms with Gasteiger partial charge in [0.15, 0.2) is 0 Å². The second kappa shape index (κ2) is 3.46. The maximum atomic E-state index is 11.5. The van der Waals surface area contributed by atoms with Gasteiger partial charge < -0.3 is 0 Å². The molecule has 5 nitrogen and oxygen atoms in total. The first-order valence-electron chi connectivity index (χ1n) is 3.75. The summed E-state index contributed by atoms with van der Waals surface area (Å²) in [5.74, 6) is 0. The Hall–Kier alpha value is -0.700. The molecule has 0 fully saturated rings. The monoisotopic (exact) mass is 323 g/mol. The molecule has 1 aromatic heterocycles. The lowest BCUT2D eigenvalue weighted by Gasteiger charge is -1.98. The molecule has 0 saturated heterocycles. The second-order valence-electron chi connectivity index (χ2n) is 2.64. The highest BCUT2D eigenvalue weighted by Crippen LogP contribution is 2.13. The number of alkyl halides is 1. The van der Waals surface area contributed by atoms with Crippen molar-refractivity contribution in [2.75, 3.05) is 3.76 Å². The van der Waals surface area contributed by atoms with E-state index in [9.17, 15) is 8.42 Å². The zero-order valence-corrected chi connectivity index (χ0v) is 9.93. The summed E-state index contributed by atoms with van der Waals surface area (Å²) in [4.78, 5) is 0. The van der Waals surface area contributed by atoms with Gasteiger partial charge in [0.2, 0.25) is 0 Å². The number of hydrogen-bond donors (Lipinski definition) is 0. The van der Waals surface area contributed by atoms with E-state index in [0.29, 0.717) is 11.0 Å². The predicted octanol–water partition coefficient (Wildman–Crippen LogP) is 1.00. The van der Waals surface area contributed by atoms with Crippen LogP contribution >= 0.6 is 22.6 Å². The van der Waals surface area contributed by atoms with Crippen molar-refractivity contribution in [3.8, 4) is 0 Å². The predicted molar refractivity (Wildman–Crippen MR) is 60.7 cm³/mol. The van der Waals surface area contributed by atoms with E-state index >= 15 is 0 Å². The fourth-order valence-electron chi connectivity index (χ4n) is 1.10. The second-order valence-corrected chi connectivity index (χ2v) is 6.24. The van der Waals surface area contributed by atoms with Crippen molar-refractivity contribution in [2.45, 2.75) is 0 Å². The normalized spacial score (nSPS) is 12.1. The molecular formula is C7H6IN3O2S. The van der Waals surface area contributed by atoms with Gasteiger partial charge in [-0.25, -0.2) is 8.42 Å². The molecule has 1 aromatic carbocycles. The maximum absolute atomic E-state index is 11.5. The third-order valence-electron chi connectivity index (χ3n) is 1.72. The largest absolute Gasteiger partial charge is 0.265 e. The third-order valence-corrected chi connectivity index (χ3v) is 5.16. The van der Waals surface area contributed by atoms with Gasteiger partial charge in [0.1, 0.15) is 14.8 Å². The average molecular weight is 323 g/mol. The summed E-state index contributed by atoms with van der Waals surface area (Å²) in [5.41, 5.74) is 1.10. The molecule has 0 aliphatic rings. The topological polar surface area (TPSA) is 64.8 Å². The Morgan fingerprint density at radius 1 is 1.36 bits per heavy atom. The summed E-state index contributed by atoms with van der Waals surface area (Å²) < 4.78 is 24.0. The molecule has 0 bridgehead atoms. The number of fused-ring (bicyclic) bond motifs is 1. The Morgan fingerprint density at radius 3 is 2.79 bits per heavy atom. The summed E-state index contributed by atoms with van der Waals surface area (Å²) in [6, 6.07) is 6.95. The highest BCUT2D eigenvalue weighted by atomic mass is 127. The Morgan fingerprint density at radius 2 is 2.07 bits per heavy atom. The van der Waals surface area contributed by atoms with Crippen LogP contribution in [0.15, 0.2) is 24.3 Å². The van der Waals surface area contributed by atoms with Crippen molar-refractivity contribution < 1.29 is 8.42 Å². The molecule has 0 amide bonds. The van der Waals surface area contributed by atoms with Crippen LogP contribution in [0.25, 0.3) is 11.0 Å². The van der Waals surface area contributed by atoms with Gasteiger partial charge in [0.05, 0.1) is 0 Å². The van der Waals surface area contributed by atoms with Crippen molar-refractivity contribution in [3.63, 3.8) is 0 Å². The highest BCUT2D eigenvalue weighted by Gasteiger charge is 2.15. The molecule has 0 saturated carbocycles. The summed E-state index contributed by atoms with van der Waals surface area (Å²) in [7, 11) is -3.35. The van der Waals surface area contributed by atoms with Crippen molar-refractivity contribution in [2.24, 2.45) is 0 Å². The number of nitrogens with zero attached hydrogens (tertiary/aromatic N) is 3. The van der Waals surface area contributed by atoms with E-state index < -0.39 is 10.0 Å². The molecule has 14 heavy (non-hydrogen) atoms. The van der Waals surface area contributed by atoms with Gasteiger partial charge in [-0.2, -0.15) is 0 Å². The molecule has 2 aromatic rings. The molecular weight excluding hydrogens is 317 g/mol. The molecule has 0 spiro atoms. The van der Waals surface area contributed by atoms with Crippen LogP contribution < -0.4 is 0 Å². The van der Waals surface area contributed by atoms with Crippen LogP contribution in [0.1, 0.15) is 0 Å². The van der Waals surface area contributed by atoms with Gasteiger partial charge in [0, 0.05) is 0 Å². The average Bonchev–Trinajstić information content (AvgIpc) is 2.61. The zero-order valence-electron chi connectivity index (χ0n) is 6.96. The lowest BCUT2D eigenvalue weighted by atomic mass is 10.3. The first kappa shape index (κ1) is 9.84. The molecule has 2 rings (SSSR count). The zero-order chi connectivity index (χ0) is 10.2. The SMILES string of the molecule is O=S(=O)(CI)n1nnc2ccccc21. The fourth-order valence-corrected chi connectivity index (χ4v) is 2.58. The van der Waals surface area contributed by atoms with Crippen molar-refractivity contribution in [1.29, 1.82) is 0 Å². The van der Waals surface area contributed by atoms with Crippen LogP contribution in [0.5, 0.6) is 0 Å². The van der Waals surface area contributed by atoms with Crippen molar-refractivity contribution >= 4 is 43.6 Å². The molecule has 74 valence electrons. The summed E-state index contributed by atoms with van der Waals surface area (Å²) in [6.07, 6.45) is 0. The van der Waals surface area contributed by atoms with E-state index in [2.05, 4.69) is 10.3 Å². The quantitative estimate of drug-likeness (QED) is 0.611. The number of benzene rings is 1. The van der Waals surface area contributed by atoms with E-state index in [1.54, 1.807) is 46.9 Å². The lowest BCUT2D eigenvalue weighted by Crippen LogP contribution is -2.14. The van der Waals surface area contributed by atoms with E-state index in [1.165, 1.54) is 0 Å². The van der Waals surface area contributed by atoms with Crippen molar-refractivity contribution in [3.05, 3.63) is 24.3 Å². The van der Waals surface area contributed by atoms with Crippen LogP contribution in [-0.2, 0) is 10.0 Å². The summed E-state index contributed by atoms with van der Waals surface area (Å²) in [6.45, 7) is 0. The molecule has 0 unspecified atom stereocenters. The van der Waals surface area contributed by atoms with Crippen LogP contribution in [0.4, 0.5) is 0 Å². The van der Waals surface area contributed by atoms with Gasteiger partial charge in [-0.3, -0.25) is 0 Å². The van der Waals surface area contributed by atoms with Crippen LogP contribution in [-0.4, -0.2) is 26.6 Å². The van der Waals surface area contributed by atoms with E-state index in [4.69, 9.17) is 0 Å². The maximum Gasteiger partial charge on any atom is 0.265 e. The molecule has 0 aliphatic heterocycles. The standard InChI is InChI=1S/C7H6IN3O2S/c8-5-14(12,13)11-7-4-2-1-3-6(7)9-10-11/h1-4H,5H2. The first-order valence-corrected chi connectivity index (χ1v) is 6.88. The Labute approximate surface area is 94.3 Å². The van der Waals surface area contributed by atoms with Gasteiger partial charge >= 0.3 is 0 Å². The minimum absolute atomic E-state index is 0.0158. The van der Waals surface area contributed by atoms with Crippen LogP contribution in [0, 0.1) is 0 Å². The third kappa shape index (κ3) is 1.50. The highest BCUT2D eigenvalue weighted by molar-refractivity contribution is 14.1. The molecule has 7 heteroatoms. The molecule has 0 radical (unpaired) electrons. The molecule has 0 N–H and O–H groups in total. The molecule has 0 atom stereocenters. The van der Waals surface area contributed by atoms with E-state index in [-0.39, 0.29) is 3.76 Å². The van der Waals surface area contributed by atoms with Gasteiger partial charge in [-0.1, -0.05) is 39.9 Å². The van der Waals surface area contributed by atoms with E-state index in [0.717, 1.165) is 4.09 Å². The van der Waals surface area contributed by atoms with Gasteiger partial charge in [0.25, 0.3) is 10.0 Å². The minimum Gasteiger partial charge on any atom is -0.204 e. The fraction of sp³-hybridized carbons (Fsp3) is 0.143. The molecule has 0 aliphatic carbocycles. The van der Waals surface area contributed by atoms with Crippen LogP contribution in [0.2, 0.25) is 0 Å². The summed E-state index contributed by atoms with van der Waals surface area (Å²) in [5, 5.41) is 7.38. The Kier molecular flexibility index (Phi) is 2.43. The van der Waals surface area contributed by atoms with Gasteiger partial charge in [-0.05, 0) is 12.1 Å². The van der Waals surface area contributed by atoms with Crippen LogP contribution in [0.3, 0.4) is 0 Å². The summed E-state index contributed by atoms with van der Waals surface area (Å²) >= 11 is 1.79. The smallest absolute Gasteiger partial charge is 0.204 e. The lowest BCUT2D eigenvalue weighted by molar-refractivity contribution is 0.585. The van der Waals surface area contributed by atoms with Crippen molar-refractivity contribution in [1.82, 2.24) is 14.4 Å². The van der Waals surface area contributed by atoms with Gasteiger partial charge in [-0.15, -0.1) is 9.19 Å². The Bertz CT molecular complexity index is 563. The number of rotatable bonds is 2. The number of aromatic nitrogens is 3. The van der Waals surface area contributed by atoms with E-state index in [1.807, 2.05) is 0 Å².